The smallest absolute Gasteiger partial charge is 0.500 e. The Hall–Kier alpha value is -1.20. The van der Waals surface area contributed by atoms with E-state index in [9.17, 15) is 4.79 Å². The fraction of sp³-hybridized carbons (Fsp3) is 0.682. The van der Waals surface area contributed by atoms with Crippen LogP contribution in [-0.4, -0.2) is 57.0 Å². The van der Waals surface area contributed by atoms with E-state index >= 15 is 0 Å². The Morgan fingerprint density at radius 3 is 2.07 bits per heavy atom. The summed E-state index contributed by atoms with van der Waals surface area (Å²) in [5.74, 6) is -0.125. The van der Waals surface area contributed by atoms with Crippen molar-refractivity contribution in [3.8, 4) is 0 Å². The molecule has 0 aliphatic rings. The zero-order chi connectivity index (χ0) is 22.5. The largest absolute Gasteiger partial charge is 0.518 e. The van der Waals surface area contributed by atoms with E-state index in [1.807, 2.05) is 30.3 Å². The van der Waals surface area contributed by atoms with Crippen molar-refractivity contribution in [1.82, 2.24) is 0 Å². The molecule has 0 saturated carbocycles. The molecule has 0 aliphatic heterocycles. The molecule has 0 fully saturated rings. The first kappa shape index (κ1) is 26.8. The van der Waals surface area contributed by atoms with Crippen LogP contribution in [0.1, 0.15) is 40.5 Å². The zero-order valence-electron chi connectivity index (χ0n) is 19.7. The molecule has 6 nitrogen and oxygen atoms in total. The average molecular weight is 456 g/mol. The Balaban J connectivity index is 2.84. The Labute approximate surface area is 185 Å². The van der Waals surface area contributed by atoms with Gasteiger partial charge in [0.05, 0.1) is 0 Å². The van der Waals surface area contributed by atoms with Gasteiger partial charge in [0.15, 0.2) is 0 Å². The van der Waals surface area contributed by atoms with E-state index in [0.717, 1.165) is 36.7 Å². The van der Waals surface area contributed by atoms with Crippen LogP contribution in [0.25, 0.3) is 0 Å². The van der Waals surface area contributed by atoms with Gasteiger partial charge in [-0.3, -0.25) is 4.79 Å². The number of hydrogen-bond acceptors (Lipinski definition) is 6. The van der Waals surface area contributed by atoms with Gasteiger partial charge in [0.2, 0.25) is 0 Å². The van der Waals surface area contributed by atoms with Crippen molar-refractivity contribution in [3.05, 3.63) is 30.3 Å². The summed E-state index contributed by atoms with van der Waals surface area (Å²) in [5, 5.41) is 0. The molecule has 30 heavy (non-hydrogen) atoms. The molecular formula is C22H41NO5Si2. The van der Waals surface area contributed by atoms with Crippen LogP contribution in [0.4, 0.5) is 5.69 Å². The van der Waals surface area contributed by atoms with E-state index in [0.29, 0.717) is 19.2 Å². The molecule has 0 N–H and O–H groups in total. The minimum atomic E-state index is -2.66. The predicted octanol–water partition coefficient (Wildman–Crippen LogP) is 5.09. The van der Waals surface area contributed by atoms with Crippen LogP contribution in [0.2, 0.25) is 24.2 Å². The molecule has 0 aromatic heterocycles. The number of anilines is 1. The van der Waals surface area contributed by atoms with E-state index in [1.54, 1.807) is 14.2 Å². The number of carbonyl (C=O) groups is 1. The fourth-order valence-electron chi connectivity index (χ4n) is 3.56. The van der Waals surface area contributed by atoms with Gasteiger partial charge in [0.25, 0.3) is 8.32 Å². The maximum atomic E-state index is 12.8. The SMILES string of the molecule is CCCO[Si](CCCN(CC(=O)O[Si](CC)(CC)CC)c1ccccc1)(OC)OC. The average Bonchev–Trinajstić information content (AvgIpc) is 2.80. The van der Waals surface area contributed by atoms with Gasteiger partial charge in [-0.05, 0) is 43.1 Å². The minimum absolute atomic E-state index is 0.125. The second kappa shape index (κ2) is 14.0. The molecule has 0 unspecified atom stereocenters. The predicted molar refractivity (Wildman–Crippen MR) is 127 cm³/mol. The highest BCUT2D eigenvalue weighted by atomic mass is 28.4. The Kier molecular flexibility index (Phi) is 12.5. The number of rotatable bonds is 16. The molecule has 0 heterocycles. The summed E-state index contributed by atoms with van der Waals surface area (Å²) >= 11 is 0. The number of carbonyl (C=O) groups excluding carboxylic acids is 1. The molecule has 1 rings (SSSR count). The lowest BCUT2D eigenvalue weighted by Gasteiger charge is -2.31. The van der Waals surface area contributed by atoms with Gasteiger partial charge >= 0.3 is 14.8 Å². The quantitative estimate of drug-likeness (QED) is 0.324. The first-order chi connectivity index (χ1) is 14.4. The van der Waals surface area contributed by atoms with Gasteiger partial charge in [-0.2, -0.15) is 0 Å². The summed E-state index contributed by atoms with van der Waals surface area (Å²) in [5.41, 5.74) is 1.02. The van der Waals surface area contributed by atoms with E-state index in [1.165, 1.54) is 0 Å². The fourth-order valence-corrected chi connectivity index (χ4v) is 8.10. The normalized spacial score (nSPS) is 12.1. The van der Waals surface area contributed by atoms with Crippen molar-refractivity contribution < 1.29 is 22.5 Å². The van der Waals surface area contributed by atoms with Gasteiger partial charge in [-0.1, -0.05) is 45.9 Å². The second-order valence-electron chi connectivity index (χ2n) is 7.52. The van der Waals surface area contributed by atoms with Gasteiger partial charge < -0.3 is 22.6 Å². The number of benzene rings is 1. The number of para-hydroxylation sites is 1. The molecule has 0 atom stereocenters. The zero-order valence-corrected chi connectivity index (χ0v) is 21.7. The molecule has 1 aromatic rings. The summed E-state index contributed by atoms with van der Waals surface area (Å²) < 4.78 is 23.3. The molecule has 0 radical (unpaired) electrons. The third kappa shape index (κ3) is 8.15. The summed E-state index contributed by atoms with van der Waals surface area (Å²) in [7, 11) is -1.32. The highest BCUT2D eigenvalue weighted by Gasteiger charge is 2.38. The standard InChI is InChI=1S/C22H41NO5Si2/c1-7-18-27-30(25-5,26-6)19-14-17-23(21-15-12-11-13-16-21)20-22(24)28-29(8-2,9-3)10-4/h11-13,15-16H,7-10,14,17-20H2,1-6H3. The lowest BCUT2D eigenvalue weighted by Crippen LogP contribution is -2.45. The van der Waals surface area contributed by atoms with Crippen LogP contribution in [0, 0.1) is 0 Å². The lowest BCUT2D eigenvalue weighted by molar-refractivity contribution is -0.133. The van der Waals surface area contributed by atoms with Crippen molar-refractivity contribution in [3.63, 3.8) is 0 Å². The third-order valence-corrected chi connectivity index (χ3v) is 13.1. The highest BCUT2D eigenvalue weighted by Crippen LogP contribution is 2.23. The van der Waals surface area contributed by atoms with Gasteiger partial charge in [0.1, 0.15) is 6.54 Å². The molecular weight excluding hydrogens is 414 g/mol. The molecule has 8 heteroatoms. The summed E-state index contributed by atoms with van der Waals surface area (Å²) in [4.78, 5) is 14.9. The monoisotopic (exact) mass is 455 g/mol. The third-order valence-electron chi connectivity index (χ3n) is 5.76. The highest BCUT2D eigenvalue weighted by molar-refractivity contribution is 6.75. The van der Waals surface area contributed by atoms with Crippen LogP contribution in [-0.2, 0) is 22.5 Å². The number of hydrogen-bond donors (Lipinski definition) is 0. The number of nitrogens with zero attached hydrogens (tertiary/aromatic N) is 1. The molecule has 0 amide bonds. The summed E-state index contributed by atoms with van der Waals surface area (Å²) in [6.45, 7) is 10.1. The van der Waals surface area contributed by atoms with Crippen molar-refractivity contribution >= 4 is 28.8 Å². The van der Waals surface area contributed by atoms with Crippen LogP contribution in [0.5, 0.6) is 0 Å². The van der Waals surface area contributed by atoms with Gasteiger partial charge in [-0.15, -0.1) is 0 Å². The maximum absolute atomic E-state index is 12.8. The molecule has 0 aliphatic carbocycles. The van der Waals surface area contributed by atoms with E-state index in [2.05, 4.69) is 32.6 Å². The molecule has 0 spiro atoms. The van der Waals surface area contributed by atoms with Crippen molar-refractivity contribution in [2.24, 2.45) is 0 Å². The van der Waals surface area contributed by atoms with Crippen LogP contribution < -0.4 is 4.90 Å². The van der Waals surface area contributed by atoms with Crippen LogP contribution in [0.3, 0.4) is 0 Å². The van der Waals surface area contributed by atoms with Gasteiger partial charge in [0, 0.05) is 39.1 Å². The lowest BCUT2D eigenvalue weighted by atomic mass is 10.2. The van der Waals surface area contributed by atoms with Gasteiger partial charge in [-0.25, -0.2) is 0 Å². The minimum Gasteiger partial charge on any atom is -0.518 e. The first-order valence-electron chi connectivity index (χ1n) is 11.2. The van der Waals surface area contributed by atoms with E-state index in [4.69, 9.17) is 17.7 Å². The van der Waals surface area contributed by atoms with Crippen molar-refractivity contribution in [1.29, 1.82) is 0 Å². The van der Waals surface area contributed by atoms with Crippen LogP contribution >= 0.6 is 0 Å². The molecule has 0 bridgehead atoms. The van der Waals surface area contributed by atoms with Crippen molar-refractivity contribution in [2.75, 3.05) is 38.8 Å². The summed E-state index contributed by atoms with van der Waals surface area (Å²) in [6, 6.07) is 13.6. The van der Waals surface area contributed by atoms with E-state index in [-0.39, 0.29) is 12.5 Å². The maximum Gasteiger partial charge on any atom is 0.500 e. The summed E-state index contributed by atoms with van der Waals surface area (Å²) in [6.07, 6.45) is 1.72. The Morgan fingerprint density at radius 2 is 1.57 bits per heavy atom. The first-order valence-corrected chi connectivity index (χ1v) is 15.7. The molecule has 0 saturated heterocycles. The van der Waals surface area contributed by atoms with Crippen molar-refractivity contribution in [2.45, 2.75) is 64.7 Å². The Morgan fingerprint density at radius 1 is 0.967 bits per heavy atom. The molecule has 172 valence electrons. The topological polar surface area (TPSA) is 57.2 Å². The van der Waals surface area contributed by atoms with E-state index < -0.39 is 17.1 Å². The second-order valence-corrected chi connectivity index (χ2v) is 15.2. The molecule has 1 aromatic carbocycles. The van der Waals surface area contributed by atoms with Crippen LogP contribution in [0.15, 0.2) is 30.3 Å². The Bertz CT molecular complexity index is 586.